The van der Waals surface area contributed by atoms with Crippen LogP contribution in [0.3, 0.4) is 0 Å². The molecule has 0 aromatic heterocycles. The lowest BCUT2D eigenvalue weighted by molar-refractivity contribution is -0.150. The summed E-state index contributed by atoms with van der Waals surface area (Å²) >= 11 is 0. The predicted molar refractivity (Wildman–Crippen MR) is 242 cm³/mol. The van der Waals surface area contributed by atoms with Crippen molar-refractivity contribution in [2.75, 3.05) is 46.8 Å². The number of rotatable bonds is 22. The van der Waals surface area contributed by atoms with Crippen molar-refractivity contribution in [2.45, 2.75) is 65.2 Å². The minimum absolute atomic E-state index is 0.167. The van der Waals surface area contributed by atoms with E-state index in [4.69, 9.17) is 28.4 Å². The van der Waals surface area contributed by atoms with Crippen molar-refractivity contribution in [2.24, 2.45) is 15.6 Å². The van der Waals surface area contributed by atoms with Crippen molar-refractivity contribution in [1.82, 2.24) is 0 Å². The number of methoxy groups -OCH3 is 1. The lowest BCUT2D eigenvalue weighted by Crippen LogP contribution is -2.45. The van der Waals surface area contributed by atoms with E-state index in [-0.39, 0.29) is 18.0 Å². The fourth-order valence-corrected chi connectivity index (χ4v) is 7.62. The van der Waals surface area contributed by atoms with Gasteiger partial charge in [-0.25, -0.2) is 9.59 Å². The molecule has 1 saturated heterocycles. The number of ether oxygens (including phenoxy) is 6. The SMILES string of the molecule is CCCc1ccc(C(=O)OCCc2ccc(OC(=O)c3ccc(OCCCCCCOCC4(CC)COC4)c(OC)c3)c(/C=N/N=C3c4ccccc4-c4ccccc43)c2)cc1. The Labute approximate surface area is 364 Å². The van der Waals surface area contributed by atoms with Crippen molar-refractivity contribution < 1.29 is 38.0 Å². The van der Waals surface area contributed by atoms with Crippen LogP contribution in [-0.4, -0.2) is 70.6 Å². The first kappa shape index (κ1) is 44.0. The summed E-state index contributed by atoms with van der Waals surface area (Å²) < 4.78 is 34.6. The summed E-state index contributed by atoms with van der Waals surface area (Å²) in [6, 6.07) is 34.2. The highest BCUT2D eigenvalue weighted by molar-refractivity contribution is 6.24. The summed E-state index contributed by atoms with van der Waals surface area (Å²) in [5.74, 6) is 0.343. The molecule has 5 aromatic rings. The third kappa shape index (κ3) is 11.0. The van der Waals surface area contributed by atoms with Crippen LogP contribution in [0.5, 0.6) is 17.2 Å². The number of carbonyl (C=O) groups excluding carboxylic acids is 2. The fraction of sp³-hybridized carbons (Fsp3) is 0.346. The smallest absolute Gasteiger partial charge is 0.343 e. The van der Waals surface area contributed by atoms with Crippen LogP contribution in [0.2, 0.25) is 0 Å². The summed E-state index contributed by atoms with van der Waals surface area (Å²) in [6.45, 7) is 8.16. The topological polar surface area (TPSA) is 114 Å². The monoisotopic (exact) mass is 836 g/mol. The van der Waals surface area contributed by atoms with E-state index in [1.165, 1.54) is 5.56 Å². The zero-order valence-electron chi connectivity index (χ0n) is 36.0. The first-order valence-corrected chi connectivity index (χ1v) is 21.8. The largest absolute Gasteiger partial charge is 0.493 e. The van der Waals surface area contributed by atoms with Gasteiger partial charge in [-0.1, -0.05) is 93.4 Å². The molecule has 1 aliphatic heterocycles. The van der Waals surface area contributed by atoms with Crippen LogP contribution >= 0.6 is 0 Å². The fourth-order valence-electron chi connectivity index (χ4n) is 7.62. The maximum Gasteiger partial charge on any atom is 0.343 e. The number of hydrogen-bond donors (Lipinski definition) is 0. The van der Waals surface area contributed by atoms with E-state index >= 15 is 0 Å². The molecule has 0 unspecified atom stereocenters. The van der Waals surface area contributed by atoms with Gasteiger partial charge in [-0.05, 0) is 96.8 Å². The third-order valence-corrected chi connectivity index (χ3v) is 11.5. The molecule has 0 saturated carbocycles. The van der Waals surface area contributed by atoms with E-state index in [2.05, 4.69) is 36.2 Å². The number of esters is 2. The van der Waals surface area contributed by atoms with Crippen LogP contribution < -0.4 is 14.2 Å². The van der Waals surface area contributed by atoms with Crippen molar-refractivity contribution >= 4 is 23.9 Å². The lowest BCUT2D eigenvalue weighted by atomic mass is 9.84. The molecular formula is C52H56N2O8. The Morgan fingerprint density at radius 1 is 0.677 bits per heavy atom. The number of unbranched alkanes of at least 4 members (excludes halogenated alkanes) is 3. The summed E-state index contributed by atoms with van der Waals surface area (Å²) in [6.07, 6.45) is 9.09. The zero-order valence-corrected chi connectivity index (χ0v) is 36.0. The molecule has 0 amide bonds. The minimum Gasteiger partial charge on any atom is -0.493 e. The second-order valence-corrected chi connectivity index (χ2v) is 15.9. The van der Waals surface area contributed by atoms with E-state index in [1.807, 2.05) is 60.7 Å². The Kier molecular flexibility index (Phi) is 15.3. The molecule has 1 aliphatic carbocycles. The molecule has 10 nitrogen and oxygen atoms in total. The van der Waals surface area contributed by atoms with Gasteiger partial charge in [0.15, 0.2) is 11.5 Å². The van der Waals surface area contributed by atoms with Gasteiger partial charge >= 0.3 is 11.9 Å². The van der Waals surface area contributed by atoms with Gasteiger partial charge < -0.3 is 28.4 Å². The quantitative estimate of drug-likeness (QED) is 0.0218. The van der Waals surface area contributed by atoms with Gasteiger partial charge in [-0.2, -0.15) is 5.10 Å². The van der Waals surface area contributed by atoms with Crippen LogP contribution in [0.25, 0.3) is 11.1 Å². The number of nitrogens with zero attached hydrogens (tertiary/aromatic N) is 2. The summed E-state index contributed by atoms with van der Waals surface area (Å²) in [5.41, 5.74) is 8.57. The highest BCUT2D eigenvalue weighted by atomic mass is 16.5. The molecule has 322 valence electrons. The van der Waals surface area contributed by atoms with E-state index in [0.29, 0.717) is 47.0 Å². The minimum atomic E-state index is -0.571. The van der Waals surface area contributed by atoms with E-state index in [9.17, 15) is 9.59 Å². The van der Waals surface area contributed by atoms with Crippen LogP contribution in [0.15, 0.2) is 119 Å². The molecule has 5 aromatic carbocycles. The standard InChI is InChI=1S/C52H56N2O8/c1-4-14-37-19-22-39(23-20-37)50(55)61-30-27-38-21-25-46(41(31-38)33-53-54-49-44-17-10-8-15-42(44)43-16-9-11-18-45(43)49)62-51(56)40-24-26-47(48(32-40)57-3)60-29-13-7-6-12-28-58-34-52(5-2)35-59-36-52/h8-11,15-26,31-33H,4-7,12-14,27-30,34-36H2,1-3H3/b53-33+. The van der Waals surface area contributed by atoms with Crippen LogP contribution in [0.1, 0.15) is 101 Å². The number of hydrogen-bond acceptors (Lipinski definition) is 10. The van der Waals surface area contributed by atoms with Crippen LogP contribution in [0, 0.1) is 5.41 Å². The summed E-state index contributed by atoms with van der Waals surface area (Å²) in [7, 11) is 1.55. The van der Waals surface area contributed by atoms with Gasteiger partial charge in [-0.15, -0.1) is 5.10 Å². The Morgan fingerprint density at radius 2 is 1.34 bits per heavy atom. The molecule has 1 heterocycles. The molecule has 7 rings (SSSR count). The van der Waals surface area contributed by atoms with Crippen molar-refractivity contribution in [3.63, 3.8) is 0 Å². The number of aryl methyl sites for hydroxylation is 1. The molecule has 0 N–H and O–H groups in total. The first-order chi connectivity index (χ1) is 30.4. The number of carbonyl (C=O) groups is 2. The molecule has 2 aliphatic rings. The summed E-state index contributed by atoms with van der Waals surface area (Å²) in [5, 5.41) is 9.21. The number of fused-ring (bicyclic) bond motifs is 3. The van der Waals surface area contributed by atoms with Crippen LogP contribution in [-0.2, 0) is 27.1 Å². The van der Waals surface area contributed by atoms with E-state index < -0.39 is 5.97 Å². The van der Waals surface area contributed by atoms with Gasteiger partial charge in [0, 0.05) is 35.1 Å². The summed E-state index contributed by atoms with van der Waals surface area (Å²) in [4.78, 5) is 26.5. The van der Waals surface area contributed by atoms with Gasteiger partial charge in [-0.3, -0.25) is 0 Å². The van der Waals surface area contributed by atoms with E-state index in [0.717, 1.165) is 105 Å². The van der Waals surface area contributed by atoms with Crippen LogP contribution in [0.4, 0.5) is 0 Å². The molecule has 0 bridgehead atoms. The highest BCUT2D eigenvalue weighted by Gasteiger charge is 2.36. The molecule has 0 radical (unpaired) electrons. The van der Waals surface area contributed by atoms with E-state index in [1.54, 1.807) is 49.7 Å². The number of benzene rings is 5. The molecular weight excluding hydrogens is 781 g/mol. The molecule has 10 heteroatoms. The Morgan fingerprint density at radius 3 is 2.00 bits per heavy atom. The Hall–Kier alpha value is -6.10. The van der Waals surface area contributed by atoms with Crippen molar-refractivity contribution in [3.8, 4) is 28.4 Å². The Bertz CT molecular complexity index is 2310. The van der Waals surface area contributed by atoms with Gasteiger partial charge in [0.25, 0.3) is 0 Å². The average molecular weight is 837 g/mol. The second-order valence-electron chi connectivity index (χ2n) is 15.9. The van der Waals surface area contributed by atoms with Crippen molar-refractivity contribution in [3.05, 3.63) is 148 Å². The molecule has 1 fully saturated rings. The van der Waals surface area contributed by atoms with Gasteiger partial charge in [0.1, 0.15) is 11.5 Å². The predicted octanol–water partition coefficient (Wildman–Crippen LogP) is 10.5. The molecule has 0 spiro atoms. The third-order valence-electron chi connectivity index (χ3n) is 11.5. The van der Waals surface area contributed by atoms with Crippen molar-refractivity contribution in [1.29, 1.82) is 0 Å². The molecule has 62 heavy (non-hydrogen) atoms. The lowest BCUT2D eigenvalue weighted by Gasteiger charge is -2.40. The molecule has 0 atom stereocenters. The first-order valence-electron chi connectivity index (χ1n) is 21.8. The van der Waals surface area contributed by atoms with Gasteiger partial charge in [0.2, 0.25) is 0 Å². The highest BCUT2D eigenvalue weighted by Crippen LogP contribution is 2.37. The average Bonchev–Trinajstić information content (AvgIpc) is 3.60. The maximum atomic E-state index is 13.7. The maximum absolute atomic E-state index is 13.7. The zero-order chi connectivity index (χ0) is 43.2. The second kappa shape index (κ2) is 21.6. The van der Waals surface area contributed by atoms with Gasteiger partial charge in [0.05, 0.1) is 57.5 Å². The normalized spacial score (nSPS) is 13.6. The Balaban J connectivity index is 0.995.